The summed E-state index contributed by atoms with van der Waals surface area (Å²) >= 11 is 6.79. The fourth-order valence-corrected chi connectivity index (χ4v) is 2.59. The van der Waals surface area contributed by atoms with Gasteiger partial charge in [-0.25, -0.2) is 0 Å². The zero-order valence-corrected chi connectivity index (χ0v) is 13.6. The van der Waals surface area contributed by atoms with Crippen LogP contribution >= 0.6 is 31.9 Å². The molecule has 0 saturated heterocycles. The molecule has 1 aromatic carbocycles. The molecule has 18 heavy (non-hydrogen) atoms. The highest BCUT2D eigenvalue weighted by Gasteiger charge is 2.10. The summed E-state index contributed by atoms with van der Waals surface area (Å²) in [6, 6.07) is 3.66. The van der Waals surface area contributed by atoms with Crippen LogP contribution in [0.2, 0.25) is 0 Å². The molecule has 100 valence electrons. The highest BCUT2D eigenvalue weighted by atomic mass is 79.9. The minimum atomic E-state index is -0.293. The van der Waals surface area contributed by atoms with Crippen LogP contribution in [0.3, 0.4) is 0 Å². The molecule has 0 aliphatic rings. The summed E-state index contributed by atoms with van der Waals surface area (Å²) in [6.07, 6.45) is -0.109. The molecule has 1 rings (SSSR count). The van der Waals surface area contributed by atoms with E-state index in [0.29, 0.717) is 5.75 Å². The number of carbonyl (C=O) groups is 1. The molecule has 6 heteroatoms. The Bertz CT molecular complexity index is 436. The lowest BCUT2D eigenvalue weighted by atomic mass is 10.3. The molecule has 0 amide bonds. The first-order valence-electron chi connectivity index (χ1n) is 5.40. The molecule has 0 saturated carbocycles. The highest BCUT2D eigenvalue weighted by molar-refractivity contribution is 9.11. The second-order valence-electron chi connectivity index (χ2n) is 3.86. The molecule has 0 spiro atoms. The predicted octanol–water partition coefficient (Wildman–Crippen LogP) is 3.58. The van der Waals surface area contributed by atoms with Gasteiger partial charge in [0.25, 0.3) is 0 Å². The number of esters is 1. The van der Waals surface area contributed by atoms with E-state index in [-0.39, 0.29) is 18.6 Å². The number of ether oxygens (including phenoxy) is 2. The van der Waals surface area contributed by atoms with E-state index in [9.17, 15) is 4.79 Å². The van der Waals surface area contributed by atoms with E-state index in [1.54, 1.807) is 13.2 Å². The molecule has 0 aliphatic carbocycles. The summed E-state index contributed by atoms with van der Waals surface area (Å²) in [4.78, 5) is 11.4. The Balaban J connectivity index is 2.70. The number of hydrogen-bond acceptors (Lipinski definition) is 4. The summed E-state index contributed by atoms with van der Waals surface area (Å²) in [5.74, 6) is 0.400. The fraction of sp³-hybridized carbons (Fsp3) is 0.417. The molecular weight excluding hydrogens is 366 g/mol. The third-order valence-corrected chi connectivity index (χ3v) is 3.31. The van der Waals surface area contributed by atoms with Crippen molar-refractivity contribution in [1.29, 1.82) is 0 Å². The number of halogens is 2. The third kappa shape index (κ3) is 4.49. The van der Waals surface area contributed by atoms with Crippen LogP contribution in [0.1, 0.15) is 13.8 Å². The minimum absolute atomic E-state index is 0.109. The summed E-state index contributed by atoms with van der Waals surface area (Å²) in [5, 5.41) is 3.00. The van der Waals surface area contributed by atoms with Crippen LogP contribution in [0, 0.1) is 0 Å². The van der Waals surface area contributed by atoms with Gasteiger partial charge in [-0.15, -0.1) is 0 Å². The van der Waals surface area contributed by atoms with Crippen LogP contribution in [0.25, 0.3) is 0 Å². The highest BCUT2D eigenvalue weighted by Crippen LogP contribution is 2.34. The first-order chi connectivity index (χ1) is 8.43. The molecule has 0 atom stereocenters. The van der Waals surface area contributed by atoms with Crippen molar-refractivity contribution in [2.75, 3.05) is 19.0 Å². The van der Waals surface area contributed by atoms with Crippen molar-refractivity contribution in [1.82, 2.24) is 0 Å². The molecule has 1 N–H and O–H groups in total. The summed E-state index contributed by atoms with van der Waals surface area (Å²) < 4.78 is 11.9. The van der Waals surface area contributed by atoms with E-state index >= 15 is 0 Å². The lowest BCUT2D eigenvalue weighted by Gasteiger charge is -2.12. The van der Waals surface area contributed by atoms with E-state index in [1.165, 1.54) is 0 Å². The molecule has 0 aliphatic heterocycles. The number of anilines is 1. The van der Waals surface area contributed by atoms with Gasteiger partial charge in [0.05, 0.1) is 23.4 Å². The second-order valence-corrected chi connectivity index (χ2v) is 5.57. The Morgan fingerprint density at radius 3 is 2.56 bits per heavy atom. The second kappa shape index (κ2) is 6.99. The van der Waals surface area contributed by atoms with Gasteiger partial charge in [0, 0.05) is 10.5 Å². The molecule has 0 radical (unpaired) electrons. The maximum atomic E-state index is 11.4. The monoisotopic (exact) mass is 379 g/mol. The largest absolute Gasteiger partial charge is 0.495 e. The van der Waals surface area contributed by atoms with Gasteiger partial charge in [-0.05, 0) is 51.8 Å². The van der Waals surface area contributed by atoms with Crippen LogP contribution in [0.4, 0.5) is 5.69 Å². The van der Waals surface area contributed by atoms with Crippen LogP contribution in [0.15, 0.2) is 21.1 Å². The van der Waals surface area contributed by atoms with E-state index in [2.05, 4.69) is 37.2 Å². The first-order valence-corrected chi connectivity index (χ1v) is 6.99. The normalized spacial score (nSPS) is 10.3. The zero-order chi connectivity index (χ0) is 13.7. The summed E-state index contributed by atoms with van der Waals surface area (Å²) in [6.45, 7) is 3.74. The van der Waals surface area contributed by atoms with Gasteiger partial charge in [0.15, 0.2) is 0 Å². The van der Waals surface area contributed by atoms with E-state index in [1.807, 2.05) is 19.9 Å². The maximum Gasteiger partial charge on any atom is 0.325 e. The molecule has 0 aromatic heterocycles. The van der Waals surface area contributed by atoms with Crippen LogP contribution in [0.5, 0.6) is 5.75 Å². The van der Waals surface area contributed by atoms with Crippen LogP contribution in [-0.4, -0.2) is 25.7 Å². The summed E-state index contributed by atoms with van der Waals surface area (Å²) in [7, 11) is 1.59. The molecule has 0 bridgehead atoms. The predicted molar refractivity (Wildman–Crippen MR) is 78.1 cm³/mol. The molecular formula is C12H15Br2NO3. The van der Waals surface area contributed by atoms with Crippen molar-refractivity contribution in [3.8, 4) is 5.75 Å². The van der Waals surface area contributed by atoms with Gasteiger partial charge >= 0.3 is 5.97 Å². The average molecular weight is 381 g/mol. The van der Waals surface area contributed by atoms with Crippen LogP contribution in [-0.2, 0) is 9.53 Å². The number of rotatable bonds is 5. The van der Waals surface area contributed by atoms with Crippen molar-refractivity contribution in [2.24, 2.45) is 0 Å². The number of methoxy groups -OCH3 is 1. The van der Waals surface area contributed by atoms with Crippen molar-refractivity contribution >= 4 is 43.5 Å². The minimum Gasteiger partial charge on any atom is -0.495 e. The van der Waals surface area contributed by atoms with E-state index in [4.69, 9.17) is 9.47 Å². The van der Waals surface area contributed by atoms with E-state index in [0.717, 1.165) is 14.6 Å². The quantitative estimate of drug-likeness (QED) is 0.793. The smallest absolute Gasteiger partial charge is 0.325 e. The van der Waals surface area contributed by atoms with Gasteiger partial charge in [-0.1, -0.05) is 0 Å². The van der Waals surface area contributed by atoms with E-state index < -0.39 is 0 Å². The Morgan fingerprint density at radius 1 is 1.33 bits per heavy atom. The summed E-state index contributed by atoms with van der Waals surface area (Å²) in [5.41, 5.74) is 0.774. The zero-order valence-electron chi connectivity index (χ0n) is 10.4. The Labute approximate surface area is 123 Å². The van der Waals surface area contributed by atoms with Gasteiger partial charge in [-0.2, -0.15) is 0 Å². The lowest BCUT2D eigenvalue weighted by molar-refractivity contribution is -0.145. The van der Waals surface area contributed by atoms with Crippen molar-refractivity contribution in [3.05, 3.63) is 21.1 Å². The van der Waals surface area contributed by atoms with Gasteiger partial charge in [0.2, 0.25) is 0 Å². The number of benzene rings is 1. The molecule has 0 unspecified atom stereocenters. The van der Waals surface area contributed by atoms with Gasteiger partial charge in [-0.3, -0.25) is 4.79 Å². The fourth-order valence-electron chi connectivity index (χ4n) is 1.29. The lowest BCUT2D eigenvalue weighted by Crippen LogP contribution is -2.20. The standard InChI is InChI=1S/C12H15Br2NO3/c1-7(2)18-12(16)6-15-10-5-11(17-3)9(14)4-8(10)13/h4-5,7,15H,6H2,1-3H3. The van der Waals surface area contributed by atoms with Crippen molar-refractivity contribution in [2.45, 2.75) is 20.0 Å². The first kappa shape index (κ1) is 15.3. The topological polar surface area (TPSA) is 47.6 Å². The Kier molecular flexibility index (Phi) is 5.95. The molecule has 1 aromatic rings. The number of carbonyl (C=O) groups excluding carboxylic acids is 1. The van der Waals surface area contributed by atoms with Crippen LogP contribution < -0.4 is 10.1 Å². The number of hydrogen-bond donors (Lipinski definition) is 1. The molecule has 4 nitrogen and oxygen atoms in total. The number of nitrogens with one attached hydrogen (secondary N) is 1. The third-order valence-electron chi connectivity index (χ3n) is 2.03. The maximum absolute atomic E-state index is 11.4. The average Bonchev–Trinajstić information content (AvgIpc) is 2.27. The molecule has 0 fully saturated rings. The molecule has 0 heterocycles. The SMILES string of the molecule is COc1cc(NCC(=O)OC(C)C)c(Br)cc1Br. The van der Waals surface area contributed by atoms with Gasteiger partial charge in [0.1, 0.15) is 12.3 Å². The van der Waals surface area contributed by atoms with Crippen molar-refractivity contribution < 1.29 is 14.3 Å². The Hall–Kier alpha value is -0.750. The Morgan fingerprint density at radius 2 is 2.00 bits per heavy atom. The van der Waals surface area contributed by atoms with Crippen molar-refractivity contribution in [3.63, 3.8) is 0 Å². The van der Waals surface area contributed by atoms with Gasteiger partial charge < -0.3 is 14.8 Å².